The van der Waals surface area contributed by atoms with Gasteiger partial charge < -0.3 is 4.90 Å². The van der Waals surface area contributed by atoms with Gasteiger partial charge in [0, 0.05) is 44.1 Å². The molecule has 138 valence electrons. The summed E-state index contributed by atoms with van der Waals surface area (Å²) in [5.41, 5.74) is 2.91. The van der Waals surface area contributed by atoms with Crippen LogP contribution in [-0.4, -0.2) is 43.0 Å². The van der Waals surface area contributed by atoms with Crippen molar-refractivity contribution in [2.75, 3.05) is 24.2 Å². The molecule has 3 rings (SSSR count). The number of hydrogen-bond donors (Lipinski definition) is 0. The number of fused-ring (bicyclic) bond motifs is 1. The number of para-hydroxylation sites is 1. The Morgan fingerprint density at radius 3 is 2.77 bits per heavy atom. The Labute approximate surface area is 154 Å². The van der Waals surface area contributed by atoms with Crippen LogP contribution < -0.4 is 4.90 Å². The Bertz CT molecular complexity index is 869. The van der Waals surface area contributed by atoms with Crippen molar-refractivity contribution in [3.05, 3.63) is 59.9 Å². The molecular weight excluding hydrogens is 350 g/mol. The van der Waals surface area contributed by atoms with E-state index in [0.29, 0.717) is 6.54 Å². The predicted octanol–water partition coefficient (Wildman–Crippen LogP) is 2.21. The summed E-state index contributed by atoms with van der Waals surface area (Å²) < 4.78 is 25.5. The molecule has 2 aromatic rings. The quantitative estimate of drug-likeness (QED) is 0.778. The maximum Gasteiger partial charge on any atom is 0.228 e. The van der Waals surface area contributed by atoms with E-state index in [2.05, 4.69) is 4.98 Å². The Morgan fingerprint density at radius 2 is 2.04 bits per heavy atom. The van der Waals surface area contributed by atoms with Crippen molar-refractivity contribution in [2.45, 2.75) is 25.8 Å². The highest BCUT2D eigenvalue weighted by atomic mass is 32.2. The number of aromatic nitrogens is 1. The molecule has 1 aliphatic rings. The second-order valence-corrected chi connectivity index (χ2v) is 8.47. The fourth-order valence-electron chi connectivity index (χ4n) is 3.21. The lowest BCUT2D eigenvalue weighted by Gasteiger charge is -2.30. The summed E-state index contributed by atoms with van der Waals surface area (Å²) in [5.74, 6) is -0.0445. The minimum atomic E-state index is -3.42. The van der Waals surface area contributed by atoms with E-state index in [-0.39, 0.29) is 25.4 Å². The predicted molar refractivity (Wildman–Crippen MR) is 101 cm³/mol. The average molecular weight is 373 g/mol. The zero-order chi connectivity index (χ0) is 18.6. The minimum absolute atomic E-state index is 0.0445. The van der Waals surface area contributed by atoms with E-state index in [1.807, 2.05) is 30.3 Å². The molecule has 0 atom stereocenters. The molecule has 0 fully saturated rings. The second kappa shape index (κ2) is 7.97. The maximum absolute atomic E-state index is 12.7. The highest BCUT2D eigenvalue weighted by Crippen LogP contribution is 2.27. The lowest BCUT2D eigenvalue weighted by Crippen LogP contribution is -2.39. The van der Waals surface area contributed by atoms with Crippen LogP contribution >= 0.6 is 0 Å². The first kappa shape index (κ1) is 18.5. The average Bonchev–Trinajstić information content (AvgIpc) is 2.64. The summed E-state index contributed by atoms with van der Waals surface area (Å²) in [6.07, 6.45) is 6.50. The lowest BCUT2D eigenvalue weighted by atomic mass is 10.0. The Kier molecular flexibility index (Phi) is 5.68. The molecule has 0 bridgehead atoms. The molecule has 7 heteroatoms. The number of anilines is 1. The first-order valence-electron chi connectivity index (χ1n) is 8.67. The van der Waals surface area contributed by atoms with Gasteiger partial charge in [0.1, 0.15) is 0 Å². The van der Waals surface area contributed by atoms with Crippen LogP contribution in [0.1, 0.15) is 24.0 Å². The molecule has 0 saturated carbocycles. The number of carbonyl (C=O) groups excluding carboxylic acids is 1. The Hall–Kier alpha value is -2.25. The van der Waals surface area contributed by atoms with Gasteiger partial charge >= 0.3 is 0 Å². The van der Waals surface area contributed by atoms with E-state index < -0.39 is 10.0 Å². The Morgan fingerprint density at radius 1 is 1.23 bits per heavy atom. The van der Waals surface area contributed by atoms with Crippen LogP contribution in [0.15, 0.2) is 48.8 Å². The van der Waals surface area contributed by atoms with Crippen LogP contribution in [0.25, 0.3) is 0 Å². The van der Waals surface area contributed by atoms with Crippen molar-refractivity contribution in [3.63, 3.8) is 0 Å². The third kappa shape index (κ3) is 4.47. The number of amides is 1. The third-order valence-electron chi connectivity index (χ3n) is 4.54. The van der Waals surface area contributed by atoms with Crippen LogP contribution in [0.4, 0.5) is 5.69 Å². The standard InChI is InChI=1S/C19H23N3O3S/c1-26(24,25)21(15-16-6-4-11-20-14-16)13-10-19(23)22-12-5-8-17-7-2-3-9-18(17)22/h2-4,6-7,9,11,14H,5,8,10,12-13,15H2,1H3. The van der Waals surface area contributed by atoms with Gasteiger partial charge in [0.2, 0.25) is 15.9 Å². The molecule has 0 unspecified atom stereocenters. The van der Waals surface area contributed by atoms with Crippen molar-refractivity contribution in [2.24, 2.45) is 0 Å². The van der Waals surface area contributed by atoms with Crippen LogP contribution in [0.2, 0.25) is 0 Å². The summed E-state index contributed by atoms with van der Waals surface area (Å²) >= 11 is 0. The van der Waals surface area contributed by atoms with Crippen molar-refractivity contribution in [1.82, 2.24) is 9.29 Å². The number of pyridine rings is 1. The van der Waals surface area contributed by atoms with Gasteiger partial charge in [0.25, 0.3) is 0 Å². The van der Waals surface area contributed by atoms with Crippen LogP contribution in [0, 0.1) is 0 Å². The van der Waals surface area contributed by atoms with Gasteiger partial charge in [-0.2, -0.15) is 4.31 Å². The molecule has 1 aromatic heterocycles. The summed E-state index contributed by atoms with van der Waals surface area (Å²) in [4.78, 5) is 18.5. The zero-order valence-electron chi connectivity index (χ0n) is 14.8. The second-order valence-electron chi connectivity index (χ2n) is 6.49. The van der Waals surface area contributed by atoms with E-state index in [4.69, 9.17) is 0 Å². The smallest absolute Gasteiger partial charge is 0.228 e. The molecule has 1 amide bonds. The SMILES string of the molecule is CS(=O)(=O)N(CCC(=O)N1CCCc2ccccc21)Cc1cccnc1. The molecule has 6 nitrogen and oxygen atoms in total. The first-order chi connectivity index (χ1) is 12.4. The van der Waals surface area contributed by atoms with Gasteiger partial charge in [-0.25, -0.2) is 8.42 Å². The molecule has 0 aliphatic carbocycles. The normalized spacial score (nSPS) is 14.3. The topological polar surface area (TPSA) is 70.6 Å². The third-order valence-corrected chi connectivity index (χ3v) is 5.79. The highest BCUT2D eigenvalue weighted by Gasteiger charge is 2.24. The summed E-state index contributed by atoms with van der Waals surface area (Å²) in [7, 11) is -3.42. The van der Waals surface area contributed by atoms with Crippen molar-refractivity contribution < 1.29 is 13.2 Å². The van der Waals surface area contributed by atoms with Gasteiger partial charge in [-0.15, -0.1) is 0 Å². The Balaban J connectivity index is 1.69. The van der Waals surface area contributed by atoms with Gasteiger partial charge in [0.15, 0.2) is 0 Å². The van der Waals surface area contributed by atoms with Gasteiger partial charge in [0.05, 0.1) is 6.26 Å². The minimum Gasteiger partial charge on any atom is -0.312 e. The number of benzene rings is 1. The lowest BCUT2D eigenvalue weighted by molar-refractivity contribution is -0.118. The largest absolute Gasteiger partial charge is 0.312 e. The van der Waals surface area contributed by atoms with Crippen molar-refractivity contribution >= 4 is 21.6 Å². The van der Waals surface area contributed by atoms with Crippen LogP contribution in [0.5, 0.6) is 0 Å². The van der Waals surface area contributed by atoms with E-state index in [0.717, 1.165) is 24.1 Å². The van der Waals surface area contributed by atoms with Crippen LogP contribution in [-0.2, 0) is 27.8 Å². The van der Waals surface area contributed by atoms with Gasteiger partial charge in [-0.1, -0.05) is 24.3 Å². The molecular formula is C19H23N3O3S. The van der Waals surface area contributed by atoms with Crippen molar-refractivity contribution in [3.8, 4) is 0 Å². The fraction of sp³-hybridized carbons (Fsp3) is 0.368. The van der Waals surface area contributed by atoms with Gasteiger partial charge in [-0.05, 0) is 36.1 Å². The first-order valence-corrected chi connectivity index (χ1v) is 10.5. The number of aryl methyl sites for hydroxylation is 1. The number of rotatable bonds is 6. The monoisotopic (exact) mass is 373 g/mol. The number of carbonyl (C=O) groups is 1. The van der Waals surface area contributed by atoms with E-state index in [1.54, 1.807) is 23.4 Å². The van der Waals surface area contributed by atoms with E-state index in [9.17, 15) is 13.2 Å². The molecule has 2 heterocycles. The molecule has 0 saturated heterocycles. The van der Waals surface area contributed by atoms with Crippen molar-refractivity contribution in [1.29, 1.82) is 0 Å². The van der Waals surface area contributed by atoms with E-state index in [1.165, 1.54) is 16.1 Å². The number of hydrogen-bond acceptors (Lipinski definition) is 4. The molecule has 1 aliphatic heterocycles. The highest BCUT2D eigenvalue weighted by molar-refractivity contribution is 7.88. The number of sulfonamides is 1. The fourth-order valence-corrected chi connectivity index (χ4v) is 4.01. The molecule has 0 N–H and O–H groups in total. The summed E-state index contributed by atoms with van der Waals surface area (Å²) in [6.45, 7) is 1.05. The van der Waals surface area contributed by atoms with Crippen LogP contribution in [0.3, 0.4) is 0 Å². The van der Waals surface area contributed by atoms with Gasteiger partial charge in [-0.3, -0.25) is 9.78 Å². The zero-order valence-corrected chi connectivity index (χ0v) is 15.7. The molecule has 0 spiro atoms. The van der Waals surface area contributed by atoms with E-state index >= 15 is 0 Å². The molecule has 26 heavy (non-hydrogen) atoms. The summed E-state index contributed by atoms with van der Waals surface area (Å²) in [5, 5.41) is 0. The number of nitrogens with zero attached hydrogens (tertiary/aromatic N) is 3. The molecule has 1 aromatic carbocycles. The maximum atomic E-state index is 12.7. The summed E-state index contributed by atoms with van der Waals surface area (Å²) in [6, 6.07) is 11.5. The molecule has 0 radical (unpaired) electrons.